The number of carboxylic acid groups (broad SMARTS) is 1. The fourth-order valence-electron chi connectivity index (χ4n) is 2.54. The Morgan fingerprint density at radius 1 is 1.00 bits per heavy atom. The lowest BCUT2D eigenvalue weighted by atomic mass is 10.1. The summed E-state index contributed by atoms with van der Waals surface area (Å²) in [6.45, 7) is -0.474. The maximum atomic E-state index is 12.5. The van der Waals surface area contributed by atoms with Crippen LogP contribution in [0.3, 0.4) is 0 Å². The maximum Gasteiger partial charge on any atom is 0.327 e. The molecule has 160 valence electrons. The third-order valence-corrected chi connectivity index (χ3v) is 5.85. The van der Waals surface area contributed by atoms with Crippen LogP contribution in [0.2, 0.25) is 0 Å². The molecule has 1 atom stereocenters. The molecule has 0 bridgehead atoms. The predicted octanol–water partition coefficient (Wildman–Crippen LogP) is 0.397. The van der Waals surface area contributed by atoms with Gasteiger partial charge in [0.25, 0.3) is 0 Å². The molecule has 0 aromatic heterocycles. The van der Waals surface area contributed by atoms with E-state index < -0.39 is 46.0 Å². The Balaban J connectivity index is 1.93. The SMILES string of the molecule is COc1ccc(S(=O)(=O)CC(NC(=O)CNC(=O)Cc2ccccc2)C(=O)O)cc1. The number of amides is 2. The summed E-state index contributed by atoms with van der Waals surface area (Å²) in [4.78, 5) is 35.2. The van der Waals surface area contributed by atoms with Gasteiger partial charge in [0.2, 0.25) is 11.8 Å². The lowest BCUT2D eigenvalue weighted by Crippen LogP contribution is -2.48. The summed E-state index contributed by atoms with van der Waals surface area (Å²) >= 11 is 0. The summed E-state index contributed by atoms with van der Waals surface area (Å²) in [5.74, 6) is -3.12. The van der Waals surface area contributed by atoms with Gasteiger partial charge >= 0.3 is 5.97 Å². The summed E-state index contributed by atoms with van der Waals surface area (Å²) in [5.41, 5.74) is 0.754. The molecule has 0 fully saturated rings. The van der Waals surface area contributed by atoms with Crippen molar-refractivity contribution in [3.05, 3.63) is 60.2 Å². The molecule has 30 heavy (non-hydrogen) atoms. The van der Waals surface area contributed by atoms with E-state index in [-0.39, 0.29) is 11.3 Å². The highest BCUT2D eigenvalue weighted by atomic mass is 32.2. The van der Waals surface area contributed by atoms with Crippen LogP contribution >= 0.6 is 0 Å². The quantitative estimate of drug-likeness (QED) is 0.492. The zero-order valence-corrected chi connectivity index (χ0v) is 17.0. The predicted molar refractivity (Wildman–Crippen MR) is 108 cm³/mol. The number of rotatable bonds is 10. The molecule has 2 rings (SSSR count). The first-order valence-electron chi connectivity index (χ1n) is 8.91. The van der Waals surface area contributed by atoms with Crippen molar-refractivity contribution < 1.29 is 32.6 Å². The molecule has 0 aliphatic heterocycles. The smallest absolute Gasteiger partial charge is 0.327 e. The third kappa shape index (κ3) is 6.89. The van der Waals surface area contributed by atoms with Crippen LogP contribution in [0.15, 0.2) is 59.5 Å². The van der Waals surface area contributed by atoms with Crippen LogP contribution in [0, 0.1) is 0 Å². The van der Waals surface area contributed by atoms with E-state index in [9.17, 15) is 27.9 Å². The van der Waals surface area contributed by atoms with Crippen LogP contribution in [0.25, 0.3) is 0 Å². The van der Waals surface area contributed by atoms with Crippen molar-refractivity contribution in [1.29, 1.82) is 0 Å². The molecule has 1 unspecified atom stereocenters. The number of sulfone groups is 1. The molecular weight excluding hydrogens is 412 g/mol. The number of carbonyl (C=O) groups is 3. The Labute approximate surface area is 174 Å². The van der Waals surface area contributed by atoms with Crippen LogP contribution in [-0.2, 0) is 30.6 Å². The minimum atomic E-state index is -3.99. The van der Waals surface area contributed by atoms with Crippen molar-refractivity contribution >= 4 is 27.6 Å². The van der Waals surface area contributed by atoms with Crippen LogP contribution in [0.5, 0.6) is 5.75 Å². The monoisotopic (exact) mass is 434 g/mol. The first-order valence-corrected chi connectivity index (χ1v) is 10.6. The van der Waals surface area contributed by atoms with E-state index in [1.54, 1.807) is 30.3 Å². The number of hydrogen-bond donors (Lipinski definition) is 3. The van der Waals surface area contributed by atoms with Crippen molar-refractivity contribution in [2.75, 3.05) is 19.4 Å². The van der Waals surface area contributed by atoms with E-state index in [2.05, 4.69) is 10.6 Å². The molecular formula is C20H22N2O7S. The Bertz CT molecular complexity index is 990. The van der Waals surface area contributed by atoms with Crippen LogP contribution < -0.4 is 15.4 Å². The lowest BCUT2D eigenvalue weighted by Gasteiger charge is -2.15. The molecule has 0 aliphatic rings. The van der Waals surface area contributed by atoms with Crippen molar-refractivity contribution in [2.45, 2.75) is 17.4 Å². The van der Waals surface area contributed by atoms with Gasteiger partial charge in [-0.3, -0.25) is 9.59 Å². The van der Waals surface area contributed by atoms with Gasteiger partial charge in [0.1, 0.15) is 11.8 Å². The summed E-state index contributed by atoms with van der Waals surface area (Å²) < 4.78 is 29.9. The second-order valence-corrected chi connectivity index (χ2v) is 8.39. The zero-order chi connectivity index (χ0) is 22.1. The first kappa shape index (κ1) is 22.9. The van der Waals surface area contributed by atoms with Gasteiger partial charge in [-0.05, 0) is 29.8 Å². The van der Waals surface area contributed by atoms with E-state index in [0.717, 1.165) is 5.56 Å². The molecule has 0 saturated carbocycles. The topological polar surface area (TPSA) is 139 Å². The van der Waals surface area contributed by atoms with Gasteiger partial charge in [-0.15, -0.1) is 0 Å². The number of methoxy groups -OCH3 is 1. The Kier molecular flexibility index (Phi) is 7.93. The lowest BCUT2D eigenvalue weighted by molar-refractivity contribution is -0.141. The van der Waals surface area contributed by atoms with Crippen LogP contribution in [0.4, 0.5) is 0 Å². The van der Waals surface area contributed by atoms with Gasteiger partial charge in [-0.25, -0.2) is 13.2 Å². The first-order chi connectivity index (χ1) is 14.2. The molecule has 0 aliphatic carbocycles. The molecule has 0 spiro atoms. The van der Waals surface area contributed by atoms with Crippen molar-refractivity contribution in [1.82, 2.24) is 10.6 Å². The highest BCUT2D eigenvalue weighted by Gasteiger charge is 2.28. The van der Waals surface area contributed by atoms with Gasteiger partial charge < -0.3 is 20.5 Å². The number of hydrogen-bond acceptors (Lipinski definition) is 6. The minimum absolute atomic E-state index is 0.0579. The number of carboxylic acids is 1. The van der Waals surface area contributed by atoms with Crippen LogP contribution in [0.1, 0.15) is 5.56 Å². The molecule has 2 amide bonds. The molecule has 0 radical (unpaired) electrons. The number of nitrogens with one attached hydrogen (secondary N) is 2. The van der Waals surface area contributed by atoms with Crippen molar-refractivity contribution in [3.63, 3.8) is 0 Å². The van der Waals surface area contributed by atoms with Gasteiger partial charge in [-0.2, -0.15) is 0 Å². The van der Waals surface area contributed by atoms with E-state index >= 15 is 0 Å². The molecule has 3 N–H and O–H groups in total. The molecule has 2 aromatic rings. The average Bonchev–Trinajstić information content (AvgIpc) is 2.72. The van der Waals surface area contributed by atoms with Crippen molar-refractivity contribution in [3.8, 4) is 5.75 Å². The minimum Gasteiger partial charge on any atom is -0.497 e. The van der Waals surface area contributed by atoms with Gasteiger partial charge in [-0.1, -0.05) is 30.3 Å². The molecule has 10 heteroatoms. The Hall–Kier alpha value is -3.40. The zero-order valence-electron chi connectivity index (χ0n) is 16.2. The van der Waals surface area contributed by atoms with Crippen LogP contribution in [-0.4, -0.2) is 56.8 Å². The molecule has 0 heterocycles. The highest BCUT2D eigenvalue weighted by Crippen LogP contribution is 2.17. The standard InChI is InChI=1S/C20H22N2O7S/c1-29-15-7-9-16(10-8-15)30(27,28)13-17(20(25)26)22-19(24)12-21-18(23)11-14-5-3-2-4-6-14/h2-10,17H,11-13H2,1H3,(H,21,23)(H,22,24)(H,25,26). The number of benzene rings is 2. The van der Waals surface area contributed by atoms with Gasteiger partial charge in [0, 0.05) is 0 Å². The number of ether oxygens (including phenoxy) is 1. The normalized spacial score (nSPS) is 11.9. The van der Waals surface area contributed by atoms with E-state index in [0.29, 0.717) is 5.75 Å². The molecule has 2 aromatic carbocycles. The number of carbonyl (C=O) groups excluding carboxylic acids is 2. The highest BCUT2D eigenvalue weighted by molar-refractivity contribution is 7.91. The summed E-state index contributed by atoms with van der Waals surface area (Å²) in [6.07, 6.45) is 0.0579. The van der Waals surface area contributed by atoms with Crippen molar-refractivity contribution in [2.24, 2.45) is 0 Å². The molecule has 0 saturated heterocycles. The second-order valence-electron chi connectivity index (χ2n) is 6.35. The Morgan fingerprint density at radius 2 is 1.63 bits per heavy atom. The summed E-state index contributed by atoms with van der Waals surface area (Å²) in [6, 6.07) is 12.6. The second kappa shape index (κ2) is 10.4. The molecule has 9 nitrogen and oxygen atoms in total. The average molecular weight is 434 g/mol. The summed E-state index contributed by atoms with van der Waals surface area (Å²) in [7, 11) is -2.56. The largest absolute Gasteiger partial charge is 0.497 e. The van der Waals surface area contributed by atoms with Gasteiger partial charge in [0.15, 0.2) is 9.84 Å². The van der Waals surface area contributed by atoms with E-state index in [1.165, 1.54) is 31.4 Å². The fraction of sp³-hybridized carbons (Fsp3) is 0.250. The summed E-state index contributed by atoms with van der Waals surface area (Å²) in [5, 5.41) is 13.8. The Morgan fingerprint density at radius 3 is 2.20 bits per heavy atom. The number of aliphatic carboxylic acids is 1. The fourth-order valence-corrected chi connectivity index (χ4v) is 3.95. The van der Waals surface area contributed by atoms with E-state index in [1.807, 2.05) is 0 Å². The third-order valence-electron chi connectivity index (χ3n) is 4.09. The van der Waals surface area contributed by atoms with Gasteiger partial charge in [0.05, 0.1) is 30.7 Å². The van der Waals surface area contributed by atoms with E-state index in [4.69, 9.17) is 4.74 Å². The maximum absolute atomic E-state index is 12.5.